The number of benzene rings is 3. The van der Waals surface area contributed by atoms with Crippen LogP contribution >= 0.6 is 11.3 Å². The summed E-state index contributed by atoms with van der Waals surface area (Å²) in [6, 6.07) is 28.8. The third kappa shape index (κ3) is 3.08. The number of fused-ring (bicyclic) bond motifs is 2. The van der Waals surface area contributed by atoms with Crippen molar-refractivity contribution in [1.82, 2.24) is 24.8 Å². The van der Waals surface area contributed by atoms with Gasteiger partial charge in [-0.2, -0.15) is 9.61 Å². The van der Waals surface area contributed by atoms with Crippen LogP contribution in [0.1, 0.15) is 5.56 Å². The zero-order chi connectivity index (χ0) is 20.8. The van der Waals surface area contributed by atoms with Gasteiger partial charge in [0.1, 0.15) is 5.01 Å². The van der Waals surface area contributed by atoms with E-state index in [4.69, 9.17) is 10.1 Å². The molecule has 6 aromatic rings. The van der Waals surface area contributed by atoms with Gasteiger partial charge in [-0.25, -0.2) is 4.98 Å². The van der Waals surface area contributed by atoms with Gasteiger partial charge in [-0.15, -0.1) is 10.2 Å². The molecule has 3 aromatic heterocycles. The first-order chi connectivity index (χ1) is 15.3. The lowest BCUT2D eigenvalue weighted by Crippen LogP contribution is -1.95. The molecule has 0 atom stereocenters. The van der Waals surface area contributed by atoms with E-state index in [0.29, 0.717) is 0 Å². The fraction of sp³-hybridized carbons (Fsp3) is 0.0400. The molecule has 31 heavy (non-hydrogen) atoms. The van der Waals surface area contributed by atoms with Gasteiger partial charge in [0.25, 0.3) is 0 Å². The fourth-order valence-electron chi connectivity index (χ4n) is 3.71. The van der Waals surface area contributed by atoms with E-state index in [1.165, 1.54) is 5.56 Å². The Morgan fingerprint density at radius 1 is 0.774 bits per heavy atom. The maximum atomic E-state index is 4.88. The minimum Gasteiger partial charge on any atom is -0.248 e. The summed E-state index contributed by atoms with van der Waals surface area (Å²) in [5.74, 6) is 0.723. The predicted octanol–water partition coefficient (Wildman–Crippen LogP) is 6.04. The Morgan fingerprint density at radius 3 is 2.39 bits per heavy atom. The number of pyridine rings is 1. The normalized spacial score (nSPS) is 11.4. The Hall–Kier alpha value is -3.90. The second-order valence-electron chi connectivity index (χ2n) is 7.43. The van der Waals surface area contributed by atoms with Gasteiger partial charge in [-0.05, 0) is 19.1 Å². The van der Waals surface area contributed by atoms with Crippen LogP contribution in [0.5, 0.6) is 0 Å². The Balaban J connectivity index is 1.57. The summed E-state index contributed by atoms with van der Waals surface area (Å²) in [6.45, 7) is 2.08. The highest BCUT2D eigenvalue weighted by Crippen LogP contribution is 2.33. The van der Waals surface area contributed by atoms with Gasteiger partial charge in [0.05, 0.1) is 11.2 Å². The summed E-state index contributed by atoms with van der Waals surface area (Å²) in [5, 5.41) is 15.7. The number of nitrogens with zero attached hydrogens (tertiary/aromatic N) is 5. The maximum absolute atomic E-state index is 4.88. The summed E-state index contributed by atoms with van der Waals surface area (Å²) in [6.07, 6.45) is 0. The first kappa shape index (κ1) is 17.9. The molecule has 0 aliphatic rings. The standard InChI is InChI=1S/C25H17N5S/c1-16-11-13-18(14-12-16)24-29-30-23(27-28-25(30)31-24)20-15-22(17-7-3-2-4-8-17)26-21-10-6-5-9-19(20)21/h2-15H,1H3. The summed E-state index contributed by atoms with van der Waals surface area (Å²) in [7, 11) is 0. The molecule has 148 valence electrons. The van der Waals surface area contributed by atoms with Gasteiger partial charge < -0.3 is 0 Å². The van der Waals surface area contributed by atoms with Crippen LogP contribution in [0.2, 0.25) is 0 Å². The van der Waals surface area contributed by atoms with Crippen molar-refractivity contribution < 1.29 is 0 Å². The van der Waals surface area contributed by atoms with Crippen LogP contribution < -0.4 is 0 Å². The van der Waals surface area contributed by atoms with Crippen LogP contribution in [0.25, 0.3) is 49.1 Å². The Kier molecular flexibility index (Phi) is 4.11. The SMILES string of the molecule is Cc1ccc(-c2nn3c(-c4cc(-c5ccccc5)nc5ccccc45)nnc3s2)cc1. The van der Waals surface area contributed by atoms with E-state index in [2.05, 4.69) is 65.7 Å². The van der Waals surface area contributed by atoms with Crippen LogP contribution in [0.3, 0.4) is 0 Å². The van der Waals surface area contributed by atoms with Crippen molar-refractivity contribution in [3.8, 4) is 33.2 Å². The van der Waals surface area contributed by atoms with E-state index in [9.17, 15) is 0 Å². The Labute approximate surface area is 182 Å². The summed E-state index contributed by atoms with van der Waals surface area (Å²) < 4.78 is 1.84. The number of aryl methyl sites for hydroxylation is 1. The molecule has 5 nitrogen and oxygen atoms in total. The average molecular weight is 420 g/mol. The van der Waals surface area contributed by atoms with Crippen LogP contribution in [0, 0.1) is 6.92 Å². The highest BCUT2D eigenvalue weighted by molar-refractivity contribution is 7.19. The van der Waals surface area contributed by atoms with Crippen LogP contribution in [-0.2, 0) is 0 Å². The van der Waals surface area contributed by atoms with Gasteiger partial charge in [-0.1, -0.05) is 89.7 Å². The van der Waals surface area contributed by atoms with Crippen LogP contribution in [0.15, 0.2) is 84.9 Å². The van der Waals surface area contributed by atoms with Crippen molar-refractivity contribution >= 4 is 27.2 Å². The molecule has 0 saturated heterocycles. The summed E-state index contributed by atoms with van der Waals surface area (Å²) in [4.78, 5) is 5.65. The second kappa shape index (κ2) is 7.11. The Bertz CT molecular complexity index is 1530. The van der Waals surface area contributed by atoms with Gasteiger partial charge in [0.15, 0.2) is 5.82 Å². The van der Waals surface area contributed by atoms with E-state index in [-0.39, 0.29) is 0 Å². The number of aromatic nitrogens is 5. The van der Waals surface area contributed by atoms with Crippen molar-refractivity contribution in [2.75, 3.05) is 0 Å². The lowest BCUT2D eigenvalue weighted by molar-refractivity contribution is 0.972. The van der Waals surface area contributed by atoms with Crippen molar-refractivity contribution in [2.24, 2.45) is 0 Å². The molecule has 0 aliphatic heterocycles. The molecule has 3 heterocycles. The van der Waals surface area contributed by atoms with Crippen LogP contribution in [0.4, 0.5) is 0 Å². The first-order valence-electron chi connectivity index (χ1n) is 10.0. The minimum atomic E-state index is 0.723. The highest BCUT2D eigenvalue weighted by atomic mass is 32.1. The molecular formula is C25H17N5S. The summed E-state index contributed by atoms with van der Waals surface area (Å²) in [5.41, 5.74) is 6.16. The van der Waals surface area contributed by atoms with Crippen molar-refractivity contribution in [1.29, 1.82) is 0 Å². The van der Waals surface area contributed by atoms with Crippen LogP contribution in [-0.4, -0.2) is 24.8 Å². The lowest BCUT2D eigenvalue weighted by Gasteiger charge is -2.08. The molecular weight excluding hydrogens is 402 g/mol. The smallest absolute Gasteiger partial charge is 0.235 e. The maximum Gasteiger partial charge on any atom is 0.235 e. The van der Waals surface area contributed by atoms with Gasteiger partial charge in [-0.3, -0.25) is 0 Å². The topological polar surface area (TPSA) is 56.0 Å². The van der Waals surface area contributed by atoms with E-state index in [1.807, 2.05) is 40.9 Å². The molecule has 0 radical (unpaired) electrons. The molecule has 0 bridgehead atoms. The zero-order valence-corrected chi connectivity index (χ0v) is 17.5. The van der Waals surface area contributed by atoms with Crippen molar-refractivity contribution in [3.63, 3.8) is 0 Å². The molecule has 0 unspecified atom stereocenters. The number of hydrogen-bond acceptors (Lipinski definition) is 5. The molecule has 0 aliphatic carbocycles. The molecule has 6 rings (SSSR count). The fourth-order valence-corrected chi connectivity index (χ4v) is 4.56. The monoisotopic (exact) mass is 419 g/mol. The van der Waals surface area contributed by atoms with Gasteiger partial charge >= 0.3 is 0 Å². The number of hydrogen-bond donors (Lipinski definition) is 0. The highest BCUT2D eigenvalue weighted by Gasteiger charge is 2.18. The molecule has 0 amide bonds. The zero-order valence-electron chi connectivity index (χ0n) is 16.7. The molecule has 0 fully saturated rings. The summed E-state index contributed by atoms with van der Waals surface area (Å²) >= 11 is 1.54. The van der Waals surface area contributed by atoms with Gasteiger partial charge in [0.2, 0.25) is 4.96 Å². The number of rotatable bonds is 3. The van der Waals surface area contributed by atoms with E-state index in [1.54, 1.807) is 11.3 Å². The Morgan fingerprint density at radius 2 is 1.55 bits per heavy atom. The quantitative estimate of drug-likeness (QED) is 0.351. The minimum absolute atomic E-state index is 0.723. The lowest BCUT2D eigenvalue weighted by atomic mass is 10.0. The molecule has 0 saturated carbocycles. The predicted molar refractivity (Wildman–Crippen MR) is 125 cm³/mol. The third-order valence-corrected chi connectivity index (χ3v) is 6.26. The van der Waals surface area contributed by atoms with E-state index in [0.717, 1.165) is 49.1 Å². The van der Waals surface area contributed by atoms with Crippen molar-refractivity contribution in [3.05, 3.63) is 90.5 Å². The second-order valence-corrected chi connectivity index (χ2v) is 8.39. The third-order valence-electron chi connectivity index (χ3n) is 5.32. The number of para-hydroxylation sites is 1. The van der Waals surface area contributed by atoms with E-state index >= 15 is 0 Å². The average Bonchev–Trinajstić information content (AvgIpc) is 3.41. The molecule has 0 spiro atoms. The largest absolute Gasteiger partial charge is 0.248 e. The van der Waals surface area contributed by atoms with E-state index < -0.39 is 0 Å². The molecule has 6 heteroatoms. The molecule has 0 N–H and O–H groups in total. The van der Waals surface area contributed by atoms with Crippen molar-refractivity contribution in [2.45, 2.75) is 6.92 Å². The first-order valence-corrected chi connectivity index (χ1v) is 10.8. The van der Waals surface area contributed by atoms with Gasteiger partial charge in [0, 0.05) is 22.1 Å². The molecule has 3 aromatic carbocycles.